The van der Waals surface area contributed by atoms with E-state index in [-0.39, 0.29) is 18.0 Å². The molecule has 0 bridgehead atoms. The lowest BCUT2D eigenvalue weighted by Crippen LogP contribution is -2.58. The molecule has 2 heterocycles. The van der Waals surface area contributed by atoms with Crippen LogP contribution in [0, 0.1) is 5.92 Å². The summed E-state index contributed by atoms with van der Waals surface area (Å²) < 4.78 is 34.8. The van der Waals surface area contributed by atoms with E-state index in [4.69, 9.17) is 21.2 Å². The fourth-order valence-electron chi connectivity index (χ4n) is 5.86. The van der Waals surface area contributed by atoms with Gasteiger partial charge in [0.25, 0.3) is 6.43 Å². The van der Waals surface area contributed by atoms with Gasteiger partial charge in [-0.15, -0.1) is 0 Å². The molecule has 36 heavy (non-hydrogen) atoms. The highest BCUT2D eigenvalue weighted by molar-refractivity contribution is 9.10. The molecule has 1 saturated carbocycles. The van der Waals surface area contributed by atoms with Gasteiger partial charge in [0.2, 0.25) is 11.8 Å². The molecule has 5 rings (SSSR count). The minimum atomic E-state index is -2.56. The van der Waals surface area contributed by atoms with E-state index in [0.29, 0.717) is 10.6 Å². The molecule has 10 heteroatoms. The van der Waals surface area contributed by atoms with Crippen LogP contribution in [0.1, 0.15) is 22.7 Å². The van der Waals surface area contributed by atoms with Gasteiger partial charge in [0.05, 0.1) is 6.54 Å². The van der Waals surface area contributed by atoms with Gasteiger partial charge in [0.1, 0.15) is 18.2 Å². The Morgan fingerprint density at radius 2 is 1.89 bits per heavy atom. The number of hydrogen-bond donors (Lipinski definition) is 3. The number of ether oxygens (including phenoxy) is 1. The van der Waals surface area contributed by atoms with Crippen LogP contribution in [0.25, 0.3) is 0 Å². The second-order valence-corrected chi connectivity index (χ2v) is 10.4. The summed E-state index contributed by atoms with van der Waals surface area (Å²) >= 11 is 9.78. The molecular formula is C26H25BrClF2N2O4+. The summed E-state index contributed by atoms with van der Waals surface area (Å²) in [6.07, 6.45) is -2.50. The van der Waals surface area contributed by atoms with E-state index in [1.807, 2.05) is 54.6 Å². The average Bonchev–Trinajstić information content (AvgIpc) is 3.22. The molecule has 6 nitrogen and oxygen atoms in total. The van der Waals surface area contributed by atoms with Gasteiger partial charge in [-0.2, -0.15) is 0 Å². The molecule has 3 N–H and O–H groups in total. The lowest BCUT2D eigenvalue weighted by molar-refractivity contribution is -0.893. The highest BCUT2D eigenvalue weighted by Gasteiger charge is 2.80. The van der Waals surface area contributed by atoms with Crippen LogP contribution in [0.2, 0.25) is 5.02 Å². The molecule has 3 aromatic rings. The lowest BCUT2D eigenvalue weighted by atomic mass is 9.71. The summed E-state index contributed by atoms with van der Waals surface area (Å²) in [6, 6.07) is 18.2. The molecule has 1 aliphatic heterocycles. The first kappa shape index (κ1) is 25.4. The number of benzene rings is 2. The van der Waals surface area contributed by atoms with Gasteiger partial charge >= 0.3 is 5.69 Å². The molecule has 1 aliphatic carbocycles. The minimum Gasteiger partial charge on any atom is -0.471 e. The summed E-state index contributed by atoms with van der Waals surface area (Å²) in [7, 11) is 1.41. The van der Waals surface area contributed by atoms with Crippen LogP contribution >= 0.6 is 27.5 Å². The Morgan fingerprint density at radius 1 is 1.19 bits per heavy atom. The van der Waals surface area contributed by atoms with Crippen LogP contribution in [0.4, 0.5) is 8.78 Å². The maximum Gasteiger partial charge on any atom is 0.314 e. The van der Waals surface area contributed by atoms with Gasteiger partial charge in [-0.25, -0.2) is 8.78 Å². The quantitative estimate of drug-likeness (QED) is 0.372. The normalized spacial score (nSPS) is 28.6. The number of aliphatic hydroxyl groups excluding tert-OH is 1. The largest absolute Gasteiger partial charge is 0.471 e. The zero-order chi connectivity index (χ0) is 25.7. The third-order valence-electron chi connectivity index (χ3n) is 7.17. The Kier molecular flexibility index (Phi) is 6.72. The molecule has 1 aromatic heterocycles. The molecule has 0 unspecified atom stereocenters. The van der Waals surface area contributed by atoms with E-state index in [2.05, 4.69) is 21.2 Å². The fourth-order valence-corrected chi connectivity index (χ4v) is 6.31. The molecule has 2 aliphatic rings. The monoisotopic (exact) mass is 581 g/mol. The van der Waals surface area contributed by atoms with Crippen molar-refractivity contribution in [2.75, 3.05) is 20.2 Å². The van der Waals surface area contributed by atoms with Crippen molar-refractivity contribution >= 4 is 27.5 Å². The van der Waals surface area contributed by atoms with Gasteiger partial charge in [-0.1, -0.05) is 70.0 Å². The summed E-state index contributed by atoms with van der Waals surface area (Å²) in [6.45, 7) is -0.523. The van der Waals surface area contributed by atoms with E-state index >= 15 is 0 Å². The van der Waals surface area contributed by atoms with E-state index in [1.165, 1.54) is 18.0 Å². The Morgan fingerprint density at radius 3 is 2.53 bits per heavy atom. The van der Waals surface area contributed by atoms with Crippen LogP contribution in [0.3, 0.4) is 0 Å². The standard InChI is InChI=1S/C26H25BrClF2N2O4/c1-35-32-14-18(28)11-20-23(32)25(34)24(33)19(12-31-13-21(29)30)22(15-5-3-2-4-6-15)26(25,36-20)16-7-9-17(27)10-8-16/h2-11,14,19,21-22,24,31,33-34H,12-13H2,1H3/q+1/t19-,22-,24-,25+,26+/m1/s1. The van der Waals surface area contributed by atoms with Crippen LogP contribution in [-0.4, -0.2) is 42.9 Å². The van der Waals surface area contributed by atoms with Crippen LogP contribution in [0.15, 0.2) is 71.3 Å². The Balaban J connectivity index is 1.79. The van der Waals surface area contributed by atoms with Crippen LogP contribution < -0.4 is 19.6 Å². The molecule has 2 aromatic carbocycles. The summed E-state index contributed by atoms with van der Waals surface area (Å²) in [5.41, 5.74) is -1.97. The summed E-state index contributed by atoms with van der Waals surface area (Å²) in [5, 5.41) is 27.6. The molecule has 0 spiro atoms. The first-order valence-electron chi connectivity index (χ1n) is 11.4. The minimum absolute atomic E-state index is 0.0188. The summed E-state index contributed by atoms with van der Waals surface area (Å²) in [5.74, 6) is -1.08. The maximum absolute atomic E-state index is 13.0. The van der Waals surface area contributed by atoms with Crippen molar-refractivity contribution in [1.82, 2.24) is 5.32 Å². The molecule has 0 radical (unpaired) electrons. The summed E-state index contributed by atoms with van der Waals surface area (Å²) in [4.78, 5) is 5.51. The van der Waals surface area contributed by atoms with Crippen molar-refractivity contribution in [3.05, 3.63) is 93.2 Å². The molecule has 0 amide bonds. The van der Waals surface area contributed by atoms with Gasteiger partial charge < -0.3 is 20.3 Å². The highest BCUT2D eigenvalue weighted by Crippen LogP contribution is 2.67. The Hall–Kier alpha value is -2.30. The second-order valence-electron chi connectivity index (χ2n) is 9.04. The number of aromatic nitrogens is 1. The molecular weight excluding hydrogens is 558 g/mol. The predicted molar refractivity (Wildman–Crippen MR) is 132 cm³/mol. The van der Waals surface area contributed by atoms with Crippen molar-refractivity contribution in [2.45, 2.75) is 29.6 Å². The number of nitrogens with zero attached hydrogens (tertiary/aromatic N) is 1. The Labute approximate surface area is 220 Å². The average molecular weight is 583 g/mol. The Bertz CT molecular complexity index is 1250. The zero-order valence-electron chi connectivity index (χ0n) is 19.2. The van der Waals surface area contributed by atoms with Crippen molar-refractivity contribution < 1.29 is 33.3 Å². The number of alkyl halides is 2. The van der Waals surface area contributed by atoms with Crippen LogP contribution in [-0.2, 0) is 11.2 Å². The first-order chi connectivity index (χ1) is 17.2. The third-order valence-corrected chi connectivity index (χ3v) is 7.90. The molecule has 0 saturated heterocycles. The third kappa shape index (κ3) is 3.71. The lowest BCUT2D eigenvalue weighted by Gasteiger charge is -2.39. The number of rotatable bonds is 7. The number of fused-ring (bicyclic) bond motifs is 3. The van der Waals surface area contributed by atoms with Gasteiger partial charge in [-0.05, 0) is 23.3 Å². The smallest absolute Gasteiger partial charge is 0.314 e. The topological polar surface area (TPSA) is 74.8 Å². The number of halogens is 4. The fraction of sp³-hybridized carbons (Fsp3) is 0.346. The first-order valence-corrected chi connectivity index (χ1v) is 12.6. The van der Waals surface area contributed by atoms with E-state index in [1.54, 1.807) is 6.07 Å². The maximum atomic E-state index is 13.0. The van der Waals surface area contributed by atoms with Gasteiger partial charge in [0.15, 0.2) is 11.4 Å². The SMILES string of the molecule is CO[n+]1cc(Cl)cc2c1[C@]1(O)[C@H](O)[C@H](CNCC(F)F)[C@@H](c3ccccc3)[C@]1(c1ccc(Br)cc1)O2. The number of aliphatic hydroxyl groups is 2. The van der Waals surface area contributed by atoms with Crippen molar-refractivity contribution in [3.8, 4) is 5.75 Å². The van der Waals surface area contributed by atoms with Crippen LogP contribution in [0.5, 0.6) is 5.75 Å². The van der Waals surface area contributed by atoms with E-state index < -0.39 is 42.1 Å². The number of pyridine rings is 1. The molecule has 190 valence electrons. The highest BCUT2D eigenvalue weighted by atomic mass is 79.9. The molecule has 5 atom stereocenters. The van der Waals surface area contributed by atoms with Crippen molar-refractivity contribution in [3.63, 3.8) is 0 Å². The van der Waals surface area contributed by atoms with Crippen molar-refractivity contribution in [1.29, 1.82) is 0 Å². The van der Waals surface area contributed by atoms with E-state index in [0.717, 1.165) is 10.0 Å². The second kappa shape index (κ2) is 9.54. The van der Waals surface area contributed by atoms with Gasteiger partial charge in [-0.3, -0.25) is 4.84 Å². The predicted octanol–water partition coefficient (Wildman–Crippen LogP) is 3.55. The van der Waals surface area contributed by atoms with E-state index in [9.17, 15) is 19.0 Å². The molecule has 1 fully saturated rings. The zero-order valence-corrected chi connectivity index (χ0v) is 21.6. The number of nitrogens with one attached hydrogen (secondary N) is 1. The van der Waals surface area contributed by atoms with Crippen molar-refractivity contribution in [2.24, 2.45) is 5.92 Å². The van der Waals surface area contributed by atoms with Gasteiger partial charge in [0, 0.05) is 33.7 Å². The number of hydrogen-bond acceptors (Lipinski definition) is 5.